The zero-order chi connectivity index (χ0) is 19.1. The lowest BCUT2D eigenvalue weighted by Gasteiger charge is -2.13. The first-order valence-corrected chi connectivity index (χ1v) is 10.3. The summed E-state index contributed by atoms with van der Waals surface area (Å²) in [5, 5.41) is 3.32. The van der Waals surface area contributed by atoms with E-state index >= 15 is 0 Å². The molecule has 3 N–H and O–H groups in total. The van der Waals surface area contributed by atoms with Crippen LogP contribution in [0.5, 0.6) is 0 Å². The fourth-order valence-corrected chi connectivity index (χ4v) is 4.50. The largest absolute Gasteiger partial charge is 0.382 e. The third-order valence-corrected chi connectivity index (χ3v) is 6.27. The van der Waals surface area contributed by atoms with Crippen LogP contribution < -0.4 is 11.1 Å². The number of rotatable bonds is 5. The van der Waals surface area contributed by atoms with Crippen LogP contribution in [0.15, 0.2) is 18.2 Å². The molecule has 1 aliphatic rings. The van der Waals surface area contributed by atoms with Gasteiger partial charge in [-0.05, 0) is 18.6 Å². The SMILES string of the molecule is CS(=O)(=O)N1CC[C@@H](Nc2nc(N)c(C(=O)c3c(F)cccc3F)s2)C1. The maximum Gasteiger partial charge on any atom is 0.212 e. The van der Waals surface area contributed by atoms with Crippen LogP contribution in [0.3, 0.4) is 0 Å². The highest BCUT2D eigenvalue weighted by molar-refractivity contribution is 7.88. The molecule has 140 valence electrons. The molecule has 2 heterocycles. The number of benzene rings is 1. The lowest BCUT2D eigenvalue weighted by molar-refractivity contribution is 0.103. The monoisotopic (exact) mass is 402 g/mol. The molecule has 1 aromatic heterocycles. The molecule has 0 spiro atoms. The Morgan fingerprint density at radius 1 is 1.38 bits per heavy atom. The van der Waals surface area contributed by atoms with Crippen LogP contribution in [0.2, 0.25) is 0 Å². The number of carbonyl (C=O) groups excluding carboxylic acids is 1. The number of ketones is 1. The molecule has 2 aromatic rings. The number of aromatic nitrogens is 1. The summed E-state index contributed by atoms with van der Waals surface area (Å²) < 4.78 is 52.1. The van der Waals surface area contributed by atoms with Crippen molar-refractivity contribution in [3.05, 3.63) is 40.3 Å². The van der Waals surface area contributed by atoms with Gasteiger partial charge in [0.05, 0.1) is 11.8 Å². The fourth-order valence-electron chi connectivity index (χ4n) is 2.71. The van der Waals surface area contributed by atoms with Crippen molar-refractivity contribution in [2.45, 2.75) is 12.5 Å². The standard InChI is InChI=1S/C15H16F2N4O3S2/c1-26(23,24)21-6-5-8(7-21)19-15-20-14(18)13(25-15)12(22)11-9(16)3-2-4-10(11)17/h2-4,8H,5-7,18H2,1H3,(H,19,20)/t8-/m1/s1. The number of nitrogens with zero attached hydrogens (tertiary/aromatic N) is 2. The second-order valence-corrected chi connectivity index (χ2v) is 8.89. The van der Waals surface area contributed by atoms with Crippen molar-refractivity contribution < 1.29 is 22.0 Å². The van der Waals surface area contributed by atoms with E-state index in [1.54, 1.807) is 0 Å². The summed E-state index contributed by atoms with van der Waals surface area (Å²) in [6, 6.07) is 2.96. The Balaban J connectivity index is 1.79. The van der Waals surface area contributed by atoms with Gasteiger partial charge in [-0.15, -0.1) is 0 Å². The first-order chi connectivity index (χ1) is 12.2. The molecule has 7 nitrogen and oxygen atoms in total. The average molecular weight is 402 g/mol. The minimum absolute atomic E-state index is 0.0746. The number of hydrogen-bond donors (Lipinski definition) is 2. The van der Waals surface area contributed by atoms with Crippen LogP contribution in [0, 0.1) is 11.6 Å². The van der Waals surface area contributed by atoms with Crippen molar-refractivity contribution in [1.82, 2.24) is 9.29 Å². The maximum absolute atomic E-state index is 13.8. The van der Waals surface area contributed by atoms with E-state index in [0.29, 0.717) is 18.1 Å². The van der Waals surface area contributed by atoms with Crippen molar-refractivity contribution in [3.63, 3.8) is 0 Å². The summed E-state index contributed by atoms with van der Waals surface area (Å²) in [4.78, 5) is 16.4. The highest BCUT2D eigenvalue weighted by Gasteiger charge is 2.30. The third kappa shape index (κ3) is 3.69. The molecule has 1 aromatic carbocycles. The third-order valence-electron chi connectivity index (χ3n) is 4.00. The van der Waals surface area contributed by atoms with Crippen LogP contribution in [-0.4, -0.2) is 48.9 Å². The van der Waals surface area contributed by atoms with E-state index in [1.165, 1.54) is 4.31 Å². The van der Waals surface area contributed by atoms with Crippen LogP contribution in [0.4, 0.5) is 19.7 Å². The van der Waals surface area contributed by atoms with Crippen molar-refractivity contribution in [3.8, 4) is 0 Å². The number of carbonyl (C=O) groups is 1. The van der Waals surface area contributed by atoms with E-state index in [4.69, 9.17) is 5.73 Å². The van der Waals surface area contributed by atoms with E-state index in [-0.39, 0.29) is 23.3 Å². The van der Waals surface area contributed by atoms with E-state index in [1.807, 2.05) is 0 Å². The van der Waals surface area contributed by atoms with Gasteiger partial charge >= 0.3 is 0 Å². The highest BCUT2D eigenvalue weighted by Crippen LogP contribution is 2.30. The van der Waals surface area contributed by atoms with Crippen LogP contribution in [-0.2, 0) is 10.0 Å². The van der Waals surface area contributed by atoms with Gasteiger partial charge in [-0.25, -0.2) is 26.5 Å². The van der Waals surface area contributed by atoms with E-state index in [0.717, 1.165) is 35.8 Å². The highest BCUT2D eigenvalue weighted by atomic mass is 32.2. The molecule has 1 aliphatic heterocycles. The first kappa shape index (κ1) is 18.7. The van der Waals surface area contributed by atoms with E-state index in [2.05, 4.69) is 10.3 Å². The van der Waals surface area contributed by atoms with Crippen molar-refractivity contribution >= 4 is 38.1 Å². The Hall–Kier alpha value is -2.11. The molecule has 0 unspecified atom stereocenters. The molecule has 0 radical (unpaired) electrons. The Morgan fingerprint density at radius 2 is 2.04 bits per heavy atom. The Labute approximate surface area is 152 Å². The van der Waals surface area contributed by atoms with Gasteiger partial charge in [0.15, 0.2) is 5.13 Å². The van der Waals surface area contributed by atoms with Gasteiger partial charge in [-0.2, -0.15) is 0 Å². The molecule has 26 heavy (non-hydrogen) atoms. The number of halogens is 2. The summed E-state index contributed by atoms with van der Waals surface area (Å²) in [5.41, 5.74) is 5.06. The lowest BCUT2D eigenvalue weighted by Crippen LogP contribution is -2.30. The molecule has 1 saturated heterocycles. The molecule has 0 bridgehead atoms. The van der Waals surface area contributed by atoms with Gasteiger partial charge in [0.2, 0.25) is 15.8 Å². The number of nitrogens with two attached hydrogens (primary N) is 1. The molecule has 0 aliphatic carbocycles. The van der Waals surface area contributed by atoms with Crippen molar-refractivity contribution in [2.75, 3.05) is 30.4 Å². The zero-order valence-electron chi connectivity index (χ0n) is 13.7. The lowest BCUT2D eigenvalue weighted by atomic mass is 10.1. The normalized spacial score (nSPS) is 18.2. The minimum atomic E-state index is -3.28. The summed E-state index contributed by atoms with van der Waals surface area (Å²) in [7, 11) is -3.28. The predicted octanol–water partition coefficient (Wildman–Crippen LogP) is 1.68. The van der Waals surface area contributed by atoms with Gasteiger partial charge in [0.25, 0.3) is 0 Å². The van der Waals surface area contributed by atoms with Gasteiger partial charge < -0.3 is 11.1 Å². The number of nitrogens with one attached hydrogen (secondary N) is 1. The number of hydrogen-bond acceptors (Lipinski definition) is 7. The second-order valence-electron chi connectivity index (χ2n) is 5.91. The Bertz CT molecular complexity index is 942. The summed E-state index contributed by atoms with van der Waals surface area (Å²) >= 11 is 0.877. The summed E-state index contributed by atoms with van der Waals surface area (Å²) in [5.74, 6) is -2.97. The van der Waals surface area contributed by atoms with E-state index < -0.39 is 33.0 Å². The number of anilines is 2. The second kappa shape index (κ2) is 6.89. The zero-order valence-corrected chi connectivity index (χ0v) is 15.3. The Kier molecular flexibility index (Phi) is 4.95. The molecule has 3 rings (SSSR count). The predicted molar refractivity (Wildman–Crippen MR) is 94.8 cm³/mol. The van der Waals surface area contributed by atoms with Crippen molar-refractivity contribution in [2.24, 2.45) is 0 Å². The van der Waals surface area contributed by atoms with Crippen molar-refractivity contribution in [1.29, 1.82) is 0 Å². The van der Waals surface area contributed by atoms with Crippen LogP contribution in [0.1, 0.15) is 21.7 Å². The molecule has 0 amide bonds. The van der Waals surface area contributed by atoms with E-state index in [9.17, 15) is 22.0 Å². The quantitative estimate of drug-likeness (QED) is 0.738. The van der Waals surface area contributed by atoms with Gasteiger partial charge in [-0.1, -0.05) is 17.4 Å². The average Bonchev–Trinajstić information content (AvgIpc) is 3.14. The van der Waals surface area contributed by atoms with Crippen LogP contribution >= 0.6 is 11.3 Å². The molecule has 0 saturated carbocycles. The number of sulfonamides is 1. The number of nitrogen functional groups attached to an aromatic ring is 1. The smallest absolute Gasteiger partial charge is 0.212 e. The van der Waals surface area contributed by atoms with Gasteiger partial charge in [-0.3, -0.25) is 4.79 Å². The number of thiazole rings is 1. The van der Waals surface area contributed by atoms with Gasteiger partial charge in [0.1, 0.15) is 22.3 Å². The minimum Gasteiger partial charge on any atom is -0.382 e. The molecule has 1 atom stereocenters. The topological polar surface area (TPSA) is 105 Å². The maximum atomic E-state index is 13.8. The molecule has 1 fully saturated rings. The summed E-state index contributed by atoms with van der Waals surface area (Å²) in [6.45, 7) is 0.646. The molecule has 11 heteroatoms. The molecular formula is C15H16F2N4O3S2. The first-order valence-electron chi connectivity index (χ1n) is 7.63. The Morgan fingerprint density at radius 3 is 2.62 bits per heavy atom. The van der Waals surface area contributed by atoms with Gasteiger partial charge in [0, 0.05) is 19.1 Å². The van der Waals surface area contributed by atoms with Crippen LogP contribution in [0.25, 0.3) is 0 Å². The fraction of sp³-hybridized carbons (Fsp3) is 0.333. The molecular weight excluding hydrogens is 386 g/mol. The summed E-state index contributed by atoms with van der Waals surface area (Å²) in [6.07, 6.45) is 1.70.